The third-order valence-corrected chi connectivity index (χ3v) is 3.96. The normalized spacial score (nSPS) is 11.6. The second-order valence-corrected chi connectivity index (χ2v) is 5.88. The average molecular weight is 284 g/mol. The Kier molecular flexibility index (Phi) is 3.65. The number of benzene rings is 2. The van der Waals surface area contributed by atoms with Crippen molar-refractivity contribution in [2.75, 3.05) is 6.54 Å². The lowest BCUT2D eigenvalue weighted by atomic mass is 10.1. The molecule has 0 saturated carbocycles. The maximum Gasteiger partial charge on any atom is 0.241 e. The quantitative estimate of drug-likeness (QED) is 0.872. The van der Waals surface area contributed by atoms with Gasteiger partial charge in [-0.3, -0.25) is 4.79 Å². The minimum atomic E-state index is -3.70. The van der Waals surface area contributed by atoms with Crippen molar-refractivity contribution in [3.8, 4) is 0 Å². The van der Waals surface area contributed by atoms with E-state index < -0.39 is 21.8 Å². The lowest BCUT2D eigenvalue weighted by Gasteiger charge is -2.05. The van der Waals surface area contributed by atoms with Gasteiger partial charge in [0.05, 0.1) is 11.4 Å². The van der Waals surface area contributed by atoms with Crippen molar-refractivity contribution in [3.63, 3.8) is 0 Å². The van der Waals surface area contributed by atoms with Crippen molar-refractivity contribution in [1.82, 2.24) is 4.72 Å². The maximum absolute atomic E-state index is 11.9. The molecule has 2 aromatic carbocycles. The molecular weight excluding hydrogens is 274 g/mol. The van der Waals surface area contributed by atoms with Crippen LogP contribution in [-0.4, -0.2) is 20.2 Å². The fourth-order valence-electron chi connectivity index (χ4n) is 1.57. The van der Waals surface area contributed by atoms with Gasteiger partial charge in [0, 0.05) is 0 Å². The summed E-state index contributed by atoms with van der Waals surface area (Å²) in [4.78, 5) is 10.7. The Morgan fingerprint density at radius 1 is 1.11 bits per heavy atom. The first-order valence-electron chi connectivity index (χ1n) is 5.16. The Balaban J connectivity index is 2.38. The Labute approximate surface area is 110 Å². The van der Waals surface area contributed by atoms with Crippen LogP contribution in [0.5, 0.6) is 0 Å². The van der Waals surface area contributed by atoms with Gasteiger partial charge in [-0.15, -0.1) is 0 Å². The lowest BCUT2D eigenvalue weighted by molar-refractivity contribution is -0.110. The van der Waals surface area contributed by atoms with Crippen LogP contribution in [-0.2, 0) is 14.8 Å². The molecule has 0 radical (unpaired) electrons. The first-order chi connectivity index (χ1) is 8.49. The number of halogens is 1. The zero-order valence-electron chi connectivity index (χ0n) is 9.26. The van der Waals surface area contributed by atoms with Crippen LogP contribution in [0.15, 0.2) is 47.4 Å². The highest BCUT2D eigenvalue weighted by Gasteiger charge is 2.14. The Morgan fingerprint density at radius 2 is 1.78 bits per heavy atom. The zero-order valence-corrected chi connectivity index (χ0v) is 10.8. The Morgan fingerprint density at radius 3 is 2.44 bits per heavy atom. The van der Waals surface area contributed by atoms with Crippen LogP contribution in [0.2, 0.25) is 0 Å². The minimum absolute atomic E-state index is 0.110. The minimum Gasteiger partial charge on any atom is -0.280 e. The summed E-state index contributed by atoms with van der Waals surface area (Å²) in [5.41, 5.74) is 0. The molecule has 0 atom stereocenters. The number of carbonyl (C=O) groups excluding carboxylic acids is 1. The summed E-state index contributed by atoms with van der Waals surface area (Å²) in [6.07, 6.45) is 0. The molecule has 6 heteroatoms. The van der Waals surface area contributed by atoms with Crippen molar-refractivity contribution in [2.24, 2.45) is 0 Å². The van der Waals surface area contributed by atoms with E-state index in [0.29, 0.717) is 0 Å². The molecule has 0 aliphatic rings. The molecule has 18 heavy (non-hydrogen) atoms. The average Bonchev–Trinajstić information content (AvgIpc) is 2.36. The number of carbonyl (C=O) groups is 1. The summed E-state index contributed by atoms with van der Waals surface area (Å²) in [5.74, 6) is 0. The van der Waals surface area contributed by atoms with Crippen LogP contribution in [0, 0.1) is 0 Å². The van der Waals surface area contributed by atoms with E-state index in [1.807, 2.05) is 24.3 Å². The van der Waals surface area contributed by atoms with Gasteiger partial charge in [-0.25, -0.2) is 13.1 Å². The van der Waals surface area contributed by atoms with Gasteiger partial charge in [0.1, 0.15) is 0 Å². The first kappa shape index (κ1) is 13.0. The molecule has 94 valence electrons. The number of hydrogen-bond acceptors (Lipinski definition) is 3. The van der Waals surface area contributed by atoms with Crippen LogP contribution in [0.3, 0.4) is 0 Å². The molecule has 0 bridgehead atoms. The largest absolute Gasteiger partial charge is 0.280 e. The summed E-state index contributed by atoms with van der Waals surface area (Å²) in [7, 11) is -3.70. The number of rotatable bonds is 4. The molecule has 0 amide bonds. The highest BCUT2D eigenvalue weighted by molar-refractivity contribution is 7.89. The second kappa shape index (κ2) is 5.06. The highest BCUT2D eigenvalue weighted by Crippen LogP contribution is 2.18. The Bertz CT molecular complexity index is 697. The van der Waals surface area contributed by atoms with Gasteiger partial charge in [0.15, 0.2) is 0 Å². The van der Waals surface area contributed by atoms with Crippen LogP contribution < -0.4 is 4.72 Å². The van der Waals surface area contributed by atoms with Crippen LogP contribution >= 0.6 is 11.6 Å². The van der Waals surface area contributed by atoms with Crippen molar-refractivity contribution < 1.29 is 13.2 Å². The first-order valence-corrected chi connectivity index (χ1v) is 7.02. The van der Waals surface area contributed by atoms with E-state index in [4.69, 9.17) is 11.6 Å². The summed E-state index contributed by atoms with van der Waals surface area (Å²) >= 11 is 5.10. The maximum atomic E-state index is 11.9. The van der Waals surface area contributed by atoms with E-state index in [9.17, 15) is 13.2 Å². The van der Waals surface area contributed by atoms with Gasteiger partial charge < -0.3 is 0 Å². The van der Waals surface area contributed by atoms with E-state index in [-0.39, 0.29) is 4.90 Å². The molecule has 0 aliphatic heterocycles. The standard InChI is InChI=1S/C12H10ClNO3S/c13-12(15)8-14-18(16,17)11-6-5-9-3-1-2-4-10(9)7-11/h1-7,14H,8H2. The van der Waals surface area contributed by atoms with E-state index in [1.54, 1.807) is 12.1 Å². The number of sulfonamides is 1. The van der Waals surface area contributed by atoms with Gasteiger partial charge in [0.25, 0.3) is 0 Å². The molecule has 0 fully saturated rings. The van der Waals surface area contributed by atoms with Gasteiger partial charge in [-0.2, -0.15) is 0 Å². The molecule has 0 aliphatic carbocycles. The molecule has 1 N–H and O–H groups in total. The number of hydrogen-bond donors (Lipinski definition) is 1. The van der Waals surface area contributed by atoms with Crippen LogP contribution in [0.4, 0.5) is 0 Å². The lowest BCUT2D eigenvalue weighted by Crippen LogP contribution is -2.27. The SMILES string of the molecule is O=C(Cl)CNS(=O)(=O)c1ccc2ccccc2c1. The fourth-order valence-corrected chi connectivity index (χ4v) is 2.73. The van der Waals surface area contributed by atoms with Crippen molar-refractivity contribution in [3.05, 3.63) is 42.5 Å². The highest BCUT2D eigenvalue weighted by atomic mass is 35.5. The molecule has 4 nitrogen and oxygen atoms in total. The van der Waals surface area contributed by atoms with Gasteiger partial charge >= 0.3 is 0 Å². The van der Waals surface area contributed by atoms with E-state index >= 15 is 0 Å². The van der Waals surface area contributed by atoms with Gasteiger partial charge in [-0.05, 0) is 34.5 Å². The van der Waals surface area contributed by atoms with E-state index in [0.717, 1.165) is 10.8 Å². The molecule has 0 saturated heterocycles. The number of nitrogens with one attached hydrogen (secondary N) is 1. The fraction of sp³-hybridized carbons (Fsp3) is 0.0833. The molecular formula is C12H10ClNO3S. The molecule has 0 unspecified atom stereocenters. The smallest absolute Gasteiger partial charge is 0.241 e. The number of fused-ring (bicyclic) bond motifs is 1. The molecule has 0 spiro atoms. The van der Waals surface area contributed by atoms with Gasteiger partial charge in [-0.1, -0.05) is 30.3 Å². The van der Waals surface area contributed by atoms with E-state index in [2.05, 4.69) is 4.72 Å². The van der Waals surface area contributed by atoms with Crippen LogP contribution in [0.25, 0.3) is 10.8 Å². The van der Waals surface area contributed by atoms with Gasteiger partial charge in [0.2, 0.25) is 15.3 Å². The molecule has 2 rings (SSSR count). The monoisotopic (exact) mass is 283 g/mol. The molecule has 2 aromatic rings. The zero-order chi connectivity index (χ0) is 13.2. The molecule has 0 heterocycles. The van der Waals surface area contributed by atoms with Crippen molar-refractivity contribution >= 4 is 37.6 Å². The third-order valence-electron chi connectivity index (χ3n) is 2.43. The van der Waals surface area contributed by atoms with E-state index in [1.165, 1.54) is 6.07 Å². The second-order valence-electron chi connectivity index (χ2n) is 3.69. The Hall–Kier alpha value is -1.43. The summed E-state index contributed by atoms with van der Waals surface area (Å²) in [6, 6.07) is 12.2. The topological polar surface area (TPSA) is 63.2 Å². The van der Waals surface area contributed by atoms with Crippen molar-refractivity contribution in [2.45, 2.75) is 4.90 Å². The summed E-state index contributed by atoms with van der Waals surface area (Å²) in [6.45, 7) is -0.420. The summed E-state index contributed by atoms with van der Waals surface area (Å²) < 4.78 is 25.8. The predicted octanol–water partition coefficient (Wildman–Crippen LogP) is 1.88. The molecule has 0 aromatic heterocycles. The third kappa shape index (κ3) is 2.87. The summed E-state index contributed by atoms with van der Waals surface area (Å²) in [5, 5.41) is 1.02. The predicted molar refractivity (Wildman–Crippen MR) is 70.0 cm³/mol. The van der Waals surface area contributed by atoms with Crippen molar-refractivity contribution in [1.29, 1.82) is 0 Å². The van der Waals surface area contributed by atoms with Crippen LogP contribution in [0.1, 0.15) is 0 Å².